The molecule has 3 aromatic heterocycles. The second-order valence-electron chi connectivity index (χ2n) is 6.00. The quantitative estimate of drug-likeness (QED) is 0.667. The highest BCUT2D eigenvalue weighted by Gasteiger charge is 2.28. The van der Waals surface area contributed by atoms with Gasteiger partial charge in [-0.3, -0.25) is 9.48 Å². The first-order valence-corrected chi connectivity index (χ1v) is 8.52. The summed E-state index contributed by atoms with van der Waals surface area (Å²) in [7, 11) is 1.83. The zero-order valence-electron chi connectivity index (χ0n) is 13.4. The molecule has 0 aliphatic carbocycles. The van der Waals surface area contributed by atoms with E-state index in [1.54, 1.807) is 9.58 Å². The Balaban J connectivity index is 1.96. The molecule has 0 saturated carbocycles. The summed E-state index contributed by atoms with van der Waals surface area (Å²) in [6.45, 7) is 0.417. The van der Waals surface area contributed by atoms with Gasteiger partial charge in [-0.2, -0.15) is 5.10 Å². The molecule has 0 atom stereocenters. The molecule has 4 heterocycles. The summed E-state index contributed by atoms with van der Waals surface area (Å²) >= 11 is 12.6. The summed E-state index contributed by atoms with van der Waals surface area (Å²) in [5.41, 5.74) is 3.94. The lowest BCUT2D eigenvalue weighted by Crippen LogP contribution is -2.37. The van der Waals surface area contributed by atoms with E-state index in [9.17, 15) is 4.79 Å². The Morgan fingerprint density at radius 3 is 2.92 bits per heavy atom. The van der Waals surface area contributed by atoms with Crippen molar-refractivity contribution in [3.05, 3.63) is 33.7 Å². The molecule has 2 N–H and O–H groups in total. The fraction of sp³-hybridized carbons (Fsp3) is 0.312. The van der Waals surface area contributed by atoms with E-state index in [2.05, 4.69) is 15.1 Å². The van der Waals surface area contributed by atoms with Gasteiger partial charge < -0.3 is 15.0 Å². The predicted octanol–water partition coefficient (Wildman–Crippen LogP) is 2.15. The van der Waals surface area contributed by atoms with Gasteiger partial charge in [-0.05, 0) is 6.07 Å². The van der Waals surface area contributed by atoms with Crippen LogP contribution in [0, 0.1) is 0 Å². The molecule has 0 fully saturated rings. The van der Waals surface area contributed by atoms with Crippen LogP contribution in [0.1, 0.15) is 11.3 Å². The summed E-state index contributed by atoms with van der Waals surface area (Å²) in [6.07, 6.45) is 2.47. The largest absolute Gasteiger partial charge is 0.387 e. The van der Waals surface area contributed by atoms with Crippen LogP contribution < -0.4 is 0 Å². The van der Waals surface area contributed by atoms with E-state index in [0.717, 1.165) is 16.6 Å². The average Bonchev–Trinajstić information content (AvgIpc) is 3.20. The zero-order valence-corrected chi connectivity index (χ0v) is 14.9. The van der Waals surface area contributed by atoms with Crippen LogP contribution in [0.4, 0.5) is 0 Å². The molecule has 1 aliphatic rings. The lowest BCUT2D eigenvalue weighted by Gasteiger charge is -2.26. The number of pyridine rings is 1. The first-order valence-electron chi connectivity index (χ1n) is 7.76. The molecule has 1 amide bonds. The lowest BCUT2D eigenvalue weighted by atomic mass is 10.0. The molecule has 3 aromatic rings. The number of rotatable bonds is 2. The van der Waals surface area contributed by atoms with Crippen LogP contribution in [-0.4, -0.2) is 48.8 Å². The van der Waals surface area contributed by atoms with E-state index >= 15 is 0 Å². The number of halogens is 2. The number of fused-ring (bicyclic) bond motifs is 3. The molecular formula is C16H15Cl2N5O2. The van der Waals surface area contributed by atoms with E-state index in [-0.39, 0.29) is 11.1 Å². The van der Waals surface area contributed by atoms with Crippen LogP contribution in [0.3, 0.4) is 0 Å². The first-order chi connectivity index (χ1) is 12.0. The van der Waals surface area contributed by atoms with Gasteiger partial charge in [0.15, 0.2) is 5.15 Å². The maximum Gasteiger partial charge on any atom is 0.248 e. The van der Waals surface area contributed by atoms with Gasteiger partial charge in [-0.15, -0.1) is 0 Å². The van der Waals surface area contributed by atoms with Gasteiger partial charge >= 0.3 is 0 Å². The molecule has 0 spiro atoms. The Bertz CT molecular complexity index is 994. The second-order valence-corrected chi connectivity index (χ2v) is 6.73. The Morgan fingerprint density at radius 2 is 2.24 bits per heavy atom. The smallest absolute Gasteiger partial charge is 0.248 e. The van der Waals surface area contributed by atoms with Crippen LogP contribution in [0.2, 0.25) is 10.2 Å². The van der Waals surface area contributed by atoms with Crippen molar-refractivity contribution in [3.8, 4) is 11.4 Å². The number of hydrogen-bond donors (Lipinski definition) is 2. The number of nitrogens with one attached hydrogen (secondary N) is 1. The molecule has 25 heavy (non-hydrogen) atoms. The van der Waals surface area contributed by atoms with Gasteiger partial charge in [0.05, 0.1) is 5.52 Å². The Hall–Kier alpha value is -2.09. The normalized spacial score (nSPS) is 14.2. The molecule has 0 radical (unpaired) electrons. The number of carbonyl (C=O) groups excluding carboxylic acids is 1. The van der Waals surface area contributed by atoms with Gasteiger partial charge in [0.1, 0.15) is 23.0 Å². The van der Waals surface area contributed by atoms with Crippen molar-refractivity contribution in [2.45, 2.75) is 13.0 Å². The third-order valence-electron chi connectivity index (χ3n) is 4.46. The third kappa shape index (κ3) is 2.59. The third-order valence-corrected chi connectivity index (χ3v) is 5.20. The number of hydrogen-bond acceptors (Lipinski definition) is 4. The summed E-state index contributed by atoms with van der Waals surface area (Å²) < 4.78 is 1.69. The van der Waals surface area contributed by atoms with E-state index < -0.39 is 6.61 Å². The van der Waals surface area contributed by atoms with E-state index in [1.807, 2.05) is 19.3 Å². The SMILES string of the molecule is Cn1ccc(-c2nc(Cl)c(Cl)c3[nH]c4c(c23)CN(C(=O)CO)CC4)n1. The standard InChI is InChI=1S/C16H15Cl2N5O2/c1-22-4-2-10(21-22)14-12-8-6-23(11(25)7-24)5-3-9(8)19-15(12)13(17)16(18)20-14/h2,4,19,24H,3,5-7H2,1H3. The fourth-order valence-corrected chi connectivity index (χ4v) is 3.63. The highest BCUT2D eigenvalue weighted by Crippen LogP contribution is 2.39. The van der Waals surface area contributed by atoms with Crippen LogP contribution >= 0.6 is 23.2 Å². The number of aryl methyl sites for hydroxylation is 1. The van der Waals surface area contributed by atoms with Crippen molar-refractivity contribution in [1.82, 2.24) is 24.6 Å². The molecule has 0 bridgehead atoms. The Kier molecular flexibility index (Phi) is 3.94. The van der Waals surface area contributed by atoms with Crippen molar-refractivity contribution in [3.63, 3.8) is 0 Å². The topological polar surface area (TPSA) is 87.0 Å². The molecule has 0 aromatic carbocycles. The van der Waals surface area contributed by atoms with Crippen molar-refractivity contribution in [1.29, 1.82) is 0 Å². The number of amides is 1. The van der Waals surface area contributed by atoms with Crippen LogP contribution in [0.5, 0.6) is 0 Å². The molecule has 4 rings (SSSR count). The molecule has 130 valence electrons. The van der Waals surface area contributed by atoms with E-state index in [1.165, 1.54) is 0 Å². The number of aliphatic hydroxyl groups is 1. The summed E-state index contributed by atoms with van der Waals surface area (Å²) in [5, 5.41) is 14.9. The van der Waals surface area contributed by atoms with E-state index in [4.69, 9.17) is 28.3 Å². The number of aliphatic hydroxyl groups excluding tert-OH is 1. The van der Waals surface area contributed by atoms with Crippen LogP contribution in [-0.2, 0) is 24.8 Å². The van der Waals surface area contributed by atoms with Crippen molar-refractivity contribution < 1.29 is 9.90 Å². The van der Waals surface area contributed by atoms with Crippen LogP contribution in [0.15, 0.2) is 12.3 Å². The van der Waals surface area contributed by atoms with Crippen molar-refractivity contribution in [2.75, 3.05) is 13.2 Å². The molecule has 7 nitrogen and oxygen atoms in total. The van der Waals surface area contributed by atoms with Crippen LogP contribution in [0.25, 0.3) is 22.3 Å². The number of nitrogens with zero attached hydrogens (tertiary/aromatic N) is 4. The Morgan fingerprint density at radius 1 is 1.44 bits per heavy atom. The first kappa shape index (κ1) is 16.4. The maximum absolute atomic E-state index is 11.9. The minimum absolute atomic E-state index is 0.205. The number of H-pyrrole nitrogens is 1. The maximum atomic E-state index is 11.9. The monoisotopic (exact) mass is 379 g/mol. The molecule has 0 unspecified atom stereocenters. The predicted molar refractivity (Wildman–Crippen MR) is 94.5 cm³/mol. The molecule has 9 heteroatoms. The molecule has 1 aliphatic heterocycles. The highest BCUT2D eigenvalue weighted by atomic mass is 35.5. The zero-order chi connectivity index (χ0) is 17.7. The Labute approximate surface area is 153 Å². The van der Waals surface area contributed by atoms with Gasteiger partial charge in [0.25, 0.3) is 0 Å². The second kappa shape index (κ2) is 6.01. The molecule has 0 saturated heterocycles. The highest BCUT2D eigenvalue weighted by molar-refractivity contribution is 6.44. The summed E-state index contributed by atoms with van der Waals surface area (Å²) in [5.74, 6) is -0.299. The lowest BCUT2D eigenvalue weighted by molar-refractivity contribution is -0.135. The van der Waals surface area contributed by atoms with Gasteiger partial charge in [-0.1, -0.05) is 23.2 Å². The van der Waals surface area contributed by atoms with E-state index in [0.29, 0.717) is 41.4 Å². The minimum Gasteiger partial charge on any atom is -0.387 e. The summed E-state index contributed by atoms with van der Waals surface area (Å²) in [4.78, 5) is 21.3. The number of aromatic nitrogens is 4. The number of carbonyl (C=O) groups is 1. The average molecular weight is 380 g/mol. The van der Waals surface area contributed by atoms with Gasteiger partial charge in [-0.25, -0.2) is 4.98 Å². The van der Waals surface area contributed by atoms with Crippen molar-refractivity contribution in [2.24, 2.45) is 7.05 Å². The minimum atomic E-state index is -0.504. The van der Waals surface area contributed by atoms with Crippen molar-refractivity contribution >= 4 is 40.0 Å². The van der Waals surface area contributed by atoms with Gasteiger partial charge in [0.2, 0.25) is 5.91 Å². The van der Waals surface area contributed by atoms with Gasteiger partial charge in [0, 0.05) is 49.4 Å². The molecular weight excluding hydrogens is 365 g/mol. The summed E-state index contributed by atoms with van der Waals surface area (Å²) in [6, 6.07) is 1.85. The fourth-order valence-electron chi connectivity index (χ4n) is 3.27. The number of aromatic amines is 1.